The number of benzene rings is 1. The Morgan fingerprint density at radius 1 is 1.28 bits per heavy atom. The molecule has 1 saturated carbocycles. The number of hydrogen-bond acceptors (Lipinski definition) is 4. The van der Waals surface area contributed by atoms with E-state index in [1.165, 1.54) is 18.2 Å². The number of rotatable bonds is 4. The van der Waals surface area contributed by atoms with Crippen molar-refractivity contribution < 1.29 is 9.84 Å². The van der Waals surface area contributed by atoms with Crippen LogP contribution in [0.4, 0.5) is 0 Å². The first-order chi connectivity index (χ1) is 12.1. The van der Waals surface area contributed by atoms with Crippen molar-refractivity contribution in [2.24, 2.45) is 0 Å². The average molecular weight is 340 g/mol. The molecule has 1 aromatic heterocycles. The van der Waals surface area contributed by atoms with Crippen LogP contribution in [0, 0.1) is 0 Å². The Bertz CT molecular complexity index is 851. The van der Waals surface area contributed by atoms with Crippen LogP contribution in [0.3, 0.4) is 0 Å². The quantitative estimate of drug-likeness (QED) is 0.929. The molecule has 0 unspecified atom stereocenters. The molecule has 1 N–H and O–H groups in total. The Labute approximate surface area is 147 Å². The third-order valence-corrected chi connectivity index (χ3v) is 5.66. The number of aliphatic hydroxyl groups is 1. The van der Waals surface area contributed by atoms with Gasteiger partial charge >= 0.3 is 5.69 Å². The number of hydrogen-bond donors (Lipinski definition) is 1. The molecule has 0 radical (unpaired) electrons. The fourth-order valence-electron chi connectivity index (χ4n) is 4.18. The molecule has 1 fully saturated rings. The highest BCUT2D eigenvalue weighted by atomic mass is 16.5. The second-order valence-corrected chi connectivity index (χ2v) is 7.29. The molecule has 4 rings (SSSR count). The van der Waals surface area contributed by atoms with E-state index in [0.29, 0.717) is 12.4 Å². The second-order valence-electron chi connectivity index (χ2n) is 7.29. The standard InChI is InChI=1S/C20H24N2O3/c1-25-18-13-17-16-5-4-14(6-10-20(24)8-2-3-9-20)12-15(16)7-11-22(17)19(23)21-18/h4-5,12-13,24H,2-3,6-11H2,1H3. The van der Waals surface area contributed by atoms with Crippen LogP contribution < -0.4 is 10.4 Å². The van der Waals surface area contributed by atoms with Crippen LogP contribution in [0.1, 0.15) is 43.2 Å². The third-order valence-electron chi connectivity index (χ3n) is 5.66. The van der Waals surface area contributed by atoms with Gasteiger partial charge in [-0.2, -0.15) is 4.98 Å². The monoisotopic (exact) mass is 340 g/mol. The third kappa shape index (κ3) is 3.09. The van der Waals surface area contributed by atoms with E-state index in [2.05, 4.69) is 23.2 Å². The molecule has 5 nitrogen and oxygen atoms in total. The van der Waals surface area contributed by atoms with Gasteiger partial charge in [0, 0.05) is 18.2 Å². The van der Waals surface area contributed by atoms with Gasteiger partial charge in [0.2, 0.25) is 5.88 Å². The molecule has 1 aliphatic carbocycles. The van der Waals surface area contributed by atoms with Gasteiger partial charge in [0.25, 0.3) is 0 Å². The van der Waals surface area contributed by atoms with Crippen LogP contribution in [0.15, 0.2) is 29.1 Å². The molecular formula is C20H24N2O3. The highest BCUT2D eigenvalue weighted by Gasteiger charge is 2.30. The number of ether oxygens (including phenoxy) is 1. The lowest BCUT2D eigenvalue weighted by molar-refractivity contribution is 0.0391. The first-order valence-electron chi connectivity index (χ1n) is 9.08. The van der Waals surface area contributed by atoms with Gasteiger partial charge in [-0.05, 0) is 43.2 Å². The molecule has 0 atom stereocenters. The van der Waals surface area contributed by atoms with Crippen LogP contribution in [0.25, 0.3) is 11.3 Å². The minimum atomic E-state index is -0.463. The van der Waals surface area contributed by atoms with Gasteiger partial charge in [0.1, 0.15) is 0 Å². The van der Waals surface area contributed by atoms with E-state index >= 15 is 0 Å². The summed E-state index contributed by atoms with van der Waals surface area (Å²) in [4.78, 5) is 16.1. The van der Waals surface area contributed by atoms with E-state index in [-0.39, 0.29) is 5.69 Å². The van der Waals surface area contributed by atoms with Crippen molar-refractivity contribution in [3.63, 3.8) is 0 Å². The molecule has 2 aromatic rings. The lowest BCUT2D eigenvalue weighted by atomic mass is 9.90. The maximum absolute atomic E-state index is 12.1. The summed E-state index contributed by atoms with van der Waals surface area (Å²) in [6.45, 7) is 0.644. The molecule has 2 heterocycles. The van der Waals surface area contributed by atoms with Crippen LogP contribution >= 0.6 is 0 Å². The van der Waals surface area contributed by atoms with Crippen molar-refractivity contribution in [3.8, 4) is 17.1 Å². The second kappa shape index (κ2) is 6.30. The number of nitrogens with zero attached hydrogens (tertiary/aromatic N) is 2. The molecule has 0 bridgehead atoms. The van der Waals surface area contributed by atoms with Gasteiger partial charge < -0.3 is 9.84 Å². The zero-order chi connectivity index (χ0) is 17.4. The van der Waals surface area contributed by atoms with E-state index < -0.39 is 5.60 Å². The predicted octanol–water partition coefficient (Wildman–Crippen LogP) is 2.71. The first kappa shape index (κ1) is 16.3. The lowest BCUT2D eigenvalue weighted by Gasteiger charge is -2.24. The molecule has 2 aliphatic rings. The minimum Gasteiger partial charge on any atom is -0.481 e. The van der Waals surface area contributed by atoms with Gasteiger partial charge in [-0.3, -0.25) is 4.57 Å². The van der Waals surface area contributed by atoms with Gasteiger partial charge in [-0.25, -0.2) is 4.79 Å². The molecule has 1 aliphatic heterocycles. The summed E-state index contributed by atoms with van der Waals surface area (Å²) >= 11 is 0. The highest BCUT2D eigenvalue weighted by molar-refractivity contribution is 5.67. The number of aryl methyl sites for hydroxylation is 2. The zero-order valence-electron chi connectivity index (χ0n) is 14.6. The minimum absolute atomic E-state index is 0.257. The normalized spacial score (nSPS) is 17.8. The fraction of sp³-hybridized carbons (Fsp3) is 0.500. The maximum Gasteiger partial charge on any atom is 0.351 e. The highest BCUT2D eigenvalue weighted by Crippen LogP contribution is 2.34. The summed E-state index contributed by atoms with van der Waals surface area (Å²) in [6.07, 6.45) is 6.70. The summed E-state index contributed by atoms with van der Waals surface area (Å²) in [5, 5.41) is 10.6. The molecule has 25 heavy (non-hydrogen) atoms. The number of aromatic nitrogens is 2. The lowest BCUT2D eigenvalue weighted by Crippen LogP contribution is -2.28. The summed E-state index contributed by atoms with van der Waals surface area (Å²) in [5.74, 6) is 0.358. The van der Waals surface area contributed by atoms with Gasteiger partial charge in [-0.1, -0.05) is 31.0 Å². The first-order valence-corrected chi connectivity index (χ1v) is 9.08. The van der Waals surface area contributed by atoms with Crippen LogP contribution in [-0.2, 0) is 19.4 Å². The van der Waals surface area contributed by atoms with Crippen LogP contribution in [0.5, 0.6) is 5.88 Å². The van der Waals surface area contributed by atoms with Crippen LogP contribution in [0.2, 0.25) is 0 Å². The zero-order valence-corrected chi connectivity index (χ0v) is 14.6. The Morgan fingerprint density at radius 2 is 2.08 bits per heavy atom. The summed E-state index contributed by atoms with van der Waals surface area (Å²) < 4.78 is 6.87. The fourth-order valence-corrected chi connectivity index (χ4v) is 4.18. The summed E-state index contributed by atoms with van der Waals surface area (Å²) in [5.41, 5.74) is 3.74. The van der Waals surface area contributed by atoms with Gasteiger partial charge in [-0.15, -0.1) is 0 Å². The van der Waals surface area contributed by atoms with Gasteiger partial charge in [0.05, 0.1) is 18.4 Å². The SMILES string of the molecule is COc1cc2n(c(=O)n1)CCc1cc(CCC3(O)CCCC3)ccc1-2. The molecular weight excluding hydrogens is 316 g/mol. The molecule has 132 valence electrons. The Kier molecular flexibility index (Phi) is 4.12. The van der Waals surface area contributed by atoms with Crippen molar-refractivity contribution in [2.75, 3.05) is 7.11 Å². The smallest absolute Gasteiger partial charge is 0.351 e. The van der Waals surface area contributed by atoms with Crippen molar-refractivity contribution in [1.29, 1.82) is 0 Å². The largest absolute Gasteiger partial charge is 0.481 e. The van der Waals surface area contributed by atoms with E-state index in [1.54, 1.807) is 4.57 Å². The van der Waals surface area contributed by atoms with Crippen molar-refractivity contribution >= 4 is 0 Å². The predicted molar refractivity (Wildman–Crippen MR) is 95.9 cm³/mol. The Morgan fingerprint density at radius 3 is 2.84 bits per heavy atom. The summed E-state index contributed by atoms with van der Waals surface area (Å²) in [6, 6.07) is 8.27. The molecule has 0 spiro atoms. The van der Waals surface area contributed by atoms with Gasteiger partial charge in [0.15, 0.2) is 0 Å². The maximum atomic E-state index is 12.1. The molecule has 1 aromatic carbocycles. The van der Waals surface area contributed by atoms with E-state index in [9.17, 15) is 9.90 Å². The van der Waals surface area contributed by atoms with Crippen molar-refractivity contribution in [2.45, 2.75) is 57.1 Å². The summed E-state index contributed by atoms with van der Waals surface area (Å²) in [7, 11) is 1.53. The Hall–Kier alpha value is -2.14. The Balaban J connectivity index is 1.62. The van der Waals surface area contributed by atoms with Crippen molar-refractivity contribution in [1.82, 2.24) is 9.55 Å². The van der Waals surface area contributed by atoms with E-state index in [0.717, 1.165) is 56.2 Å². The van der Waals surface area contributed by atoms with E-state index in [1.807, 2.05) is 6.07 Å². The van der Waals surface area contributed by atoms with Crippen molar-refractivity contribution in [3.05, 3.63) is 45.9 Å². The molecule has 0 amide bonds. The molecule has 5 heteroatoms. The molecule has 0 saturated heterocycles. The van der Waals surface area contributed by atoms with Crippen LogP contribution in [-0.4, -0.2) is 27.4 Å². The number of fused-ring (bicyclic) bond motifs is 3. The topological polar surface area (TPSA) is 64.4 Å². The average Bonchev–Trinajstić information content (AvgIpc) is 3.06. The van der Waals surface area contributed by atoms with E-state index in [4.69, 9.17) is 4.74 Å². The number of methoxy groups -OCH3 is 1.